The Balaban J connectivity index is 1.38. The quantitative estimate of drug-likeness (QED) is 0.791. The standard InChI is InChI=1S/C19H37N3/c1-15(2)17-13-22(14-17)19-7-11-21(12-8-19)18-5-9-20(10-6-18)16(3)4/h15-19H,5-14H2,1-4H3. The van der Waals surface area contributed by atoms with Crippen molar-refractivity contribution in [2.24, 2.45) is 11.8 Å². The van der Waals surface area contributed by atoms with E-state index >= 15 is 0 Å². The Kier molecular flexibility index (Phi) is 5.47. The highest BCUT2D eigenvalue weighted by Crippen LogP contribution is 2.30. The maximum absolute atomic E-state index is 2.81. The second-order valence-electron chi connectivity index (χ2n) is 8.59. The second kappa shape index (κ2) is 7.19. The summed E-state index contributed by atoms with van der Waals surface area (Å²) in [5, 5.41) is 0. The van der Waals surface area contributed by atoms with Crippen LogP contribution in [0.1, 0.15) is 53.4 Å². The van der Waals surface area contributed by atoms with Gasteiger partial charge in [0.25, 0.3) is 0 Å². The topological polar surface area (TPSA) is 9.72 Å². The van der Waals surface area contributed by atoms with E-state index < -0.39 is 0 Å². The molecule has 0 unspecified atom stereocenters. The smallest absolute Gasteiger partial charge is 0.0120 e. The van der Waals surface area contributed by atoms with Gasteiger partial charge in [0.15, 0.2) is 0 Å². The summed E-state index contributed by atoms with van der Waals surface area (Å²) in [7, 11) is 0. The van der Waals surface area contributed by atoms with E-state index in [2.05, 4.69) is 42.4 Å². The average Bonchev–Trinajstić information content (AvgIpc) is 2.46. The summed E-state index contributed by atoms with van der Waals surface area (Å²) in [5.41, 5.74) is 0. The first-order valence-electron chi connectivity index (χ1n) is 9.76. The second-order valence-corrected chi connectivity index (χ2v) is 8.59. The van der Waals surface area contributed by atoms with Crippen LogP contribution in [0.15, 0.2) is 0 Å². The molecule has 3 aliphatic rings. The largest absolute Gasteiger partial charge is 0.301 e. The molecule has 0 radical (unpaired) electrons. The van der Waals surface area contributed by atoms with Crippen molar-refractivity contribution in [3.8, 4) is 0 Å². The molecule has 0 aliphatic carbocycles. The lowest BCUT2D eigenvalue weighted by Crippen LogP contribution is -2.57. The van der Waals surface area contributed by atoms with Crippen molar-refractivity contribution in [3.63, 3.8) is 0 Å². The van der Waals surface area contributed by atoms with E-state index in [9.17, 15) is 0 Å². The summed E-state index contributed by atoms with van der Waals surface area (Å²) in [6, 6.07) is 2.49. The van der Waals surface area contributed by atoms with Crippen molar-refractivity contribution in [2.45, 2.75) is 71.5 Å². The molecule has 3 rings (SSSR count). The number of nitrogens with zero attached hydrogens (tertiary/aromatic N) is 3. The Morgan fingerprint density at radius 2 is 1.18 bits per heavy atom. The number of hydrogen-bond donors (Lipinski definition) is 0. The lowest BCUT2D eigenvalue weighted by atomic mass is 9.85. The van der Waals surface area contributed by atoms with Crippen LogP contribution in [0.5, 0.6) is 0 Å². The van der Waals surface area contributed by atoms with Crippen LogP contribution in [-0.4, -0.2) is 72.1 Å². The summed E-state index contributed by atoms with van der Waals surface area (Å²) in [6.45, 7) is 17.5. The highest BCUT2D eigenvalue weighted by Gasteiger charge is 2.36. The first kappa shape index (κ1) is 16.7. The van der Waals surface area contributed by atoms with Gasteiger partial charge in [-0.15, -0.1) is 0 Å². The van der Waals surface area contributed by atoms with Crippen LogP contribution >= 0.6 is 0 Å². The van der Waals surface area contributed by atoms with E-state index in [1.54, 1.807) is 0 Å². The normalized spacial score (nSPS) is 28.6. The molecule has 0 bridgehead atoms. The summed E-state index contributed by atoms with van der Waals surface area (Å²) >= 11 is 0. The molecule has 3 heterocycles. The van der Waals surface area contributed by atoms with Crippen molar-refractivity contribution in [2.75, 3.05) is 39.3 Å². The first-order chi connectivity index (χ1) is 10.5. The summed E-state index contributed by atoms with van der Waals surface area (Å²) in [6.07, 6.45) is 5.61. The Morgan fingerprint density at radius 1 is 0.682 bits per heavy atom. The molecule has 0 aromatic rings. The number of piperidine rings is 2. The van der Waals surface area contributed by atoms with E-state index in [-0.39, 0.29) is 0 Å². The Hall–Kier alpha value is -0.120. The fraction of sp³-hybridized carbons (Fsp3) is 1.00. The lowest BCUT2D eigenvalue weighted by Gasteiger charge is -2.50. The zero-order valence-corrected chi connectivity index (χ0v) is 15.3. The molecule has 0 saturated carbocycles. The molecule has 0 atom stereocenters. The maximum atomic E-state index is 2.81. The minimum atomic E-state index is 0.729. The highest BCUT2D eigenvalue weighted by atomic mass is 15.3. The van der Waals surface area contributed by atoms with Crippen LogP contribution in [0.3, 0.4) is 0 Å². The zero-order chi connectivity index (χ0) is 15.7. The first-order valence-corrected chi connectivity index (χ1v) is 9.76. The number of rotatable bonds is 4. The molecule has 3 fully saturated rings. The molecule has 0 aromatic carbocycles. The SMILES string of the molecule is CC(C)C1CN(C2CCN(C3CCN(C(C)C)CC3)CC2)C1. The van der Waals surface area contributed by atoms with Crippen LogP contribution in [0, 0.1) is 11.8 Å². The summed E-state index contributed by atoms with van der Waals surface area (Å²) < 4.78 is 0. The summed E-state index contributed by atoms with van der Waals surface area (Å²) in [4.78, 5) is 8.23. The van der Waals surface area contributed by atoms with Crippen LogP contribution in [0.25, 0.3) is 0 Å². The minimum Gasteiger partial charge on any atom is -0.301 e. The van der Waals surface area contributed by atoms with E-state index in [0.29, 0.717) is 0 Å². The van der Waals surface area contributed by atoms with Crippen LogP contribution < -0.4 is 0 Å². The molecule has 3 heteroatoms. The van der Waals surface area contributed by atoms with Gasteiger partial charge in [-0.1, -0.05) is 13.8 Å². The monoisotopic (exact) mass is 307 g/mol. The molecule has 128 valence electrons. The van der Waals surface area contributed by atoms with E-state index in [1.165, 1.54) is 65.0 Å². The van der Waals surface area contributed by atoms with E-state index in [4.69, 9.17) is 0 Å². The van der Waals surface area contributed by atoms with Gasteiger partial charge in [-0.2, -0.15) is 0 Å². The van der Waals surface area contributed by atoms with Crippen LogP contribution in [-0.2, 0) is 0 Å². The molecule has 0 spiro atoms. The van der Waals surface area contributed by atoms with Crippen LogP contribution in [0.4, 0.5) is 0 Å². The molecule has 0 amide bonds. The molecule has 3 saturated heterocycles. The lowest BCUT2D eigenvalue weighted by molar-refractivity contribution is -0.0111. The van der Waals surface area contributed by atoms with Gasteiger partial charge in [0.05, 0.1) is 0 Å². The predicted molar refractivity (Wildman–Crippen MR) is 94.2 cm³/mol. The van der Waals surface area contributed by atoms with Gasteiger partial charge in [-0.25, -0.2) is 0 Å². The van der Waals surface area contributed by atoms with Crippen molar-refractivity contribution >= 4 is 0 Å². The maximum Gasteiger partial charge on any atom is 0.0120 e. The van der Waals surface area contributed by atoms with E-state index in [0.717, 1.165) is 30.0 Å². The molecular weight excluding hydrogens is 270 g/mol. The van der Waals surface area contributed by atoms with Gasteiger partial charge < -0.3 is 9.80 Å². The third kappa shape index (κ3) is 3.68. The molecule has 0 N–H and O–H groups in total. The van der Waals surface area contributed by atoms with Gasteiger partial charge >= 0.3 is 0 Å². The van der Waals surface area contributed by atoms with Gasteiger partial charge in [0.1, 0.15) is 0 Å². The molecule has 0 aromatic heterocycles. The third-order valence-electron chi connectivity index (χ3n) is 6.64. The molecular formula is C19H37N3. The Labute approximate surface area is 138 Å². The van der Waals surface area contributed by atoms with Crippen LogP contribution in [0.2, 0.25) is 0 Å². The molecule has 22 heavy (non-hydrogen) atoms. The number of hydrogen-bond acceptors (Lipinski definition) is 3. The highest BCUT2D eigenvalue weighted by molar-refractivity contribution is 4.91. The fourth-order valence-corrected chi connectivity index (χ4v) is 4.65. The summed E-state index contributed by atoms with van der Waals surface area (Å²) in [5.74, 6) is 1.85. The predicted octanol–water partition coefficient (Wildman–Crippen LogP) is 2.91. The third-order valence-corrected chi connectivity index (χ3v) is 6.64. The van der Waals surface area contributed by atoms with E-state index in [1.807, 2.05) is 0 Å². The minimum absolute atomic E-state index is 0.729. The number of likely N-dealkylation sites (tertiary alicyclic amines) is 3. The Morgan fingerprint density at radius 3 is 1.68 bits per heavy atom. The van der Waals surface area contributed by atoms with Crippen molar-refractivity contribution in [1.82, 2.24) is 14.7 Å². The van der Waals surface area contributed by atoms with Crippen molar-refractivity contribution in [3.05, 3.63) is 0 Å². The Bertz CT molecular complexity index is 333. The van der Waals surface area contributed by atoms with Gasteiger partial charge in [0.2, 0.25) is 0 Å². The van der Waals surface area contributed by atoms with Crippen molar-refractivity contribution < 1.29 is 0 Å². The molecule has 3 aliphatic heterocycles. The average molecular weight is 308 g/mol. The van der Waals surface area contributed by atoms with Gasteiger partial charge in [0, 0.05) is 31.2 Å². The van der Waals surface area contributed by atoms with Gasteiger partial charge in [-0.3, -0.25) is 4.90 Å². The fourth-order valence-electron chi connectivity index (χ4n) is 4.65. The van der Waals surface area contributed by atoms with Crippen molar-refractivity contribution in [1.29, 1.82) is 0 Å². The molecule has 3 nitrogen and oxygen atoms in total. The zero-order valence-electron chi connectivity index (χ0n) is 15.3. The van der Waals surface area contributed by atoms with Gasteiger partial charge in [-0.05, 0) is 77.5 Å².